The monoisotopic (exact) mass is 335 g/mol. The Morgan fingerprint density at radius 1 is 1.18 bits per heavy atom. The van der Waals surface area contributed by atoms with E-state index in [1.165, 1.54) is 6.92 Å². The molecule has 2 unspecified atom stereocenters. The molecule has 6 N–H and O–H groups in total. The van der Waals surface area contributed by atoms with E-state index in [2.05, 4.69) is 5.32 Å². The van der Waals surface area contributed by atoms with E-state index in [-0.39, 0.29) is 12.8 Å². The zero-order valence-corrected chi connectivity index (χ0v) is 12.5. The molecule has 0 aromatic carbocycles. The van der Waals surface area contributed by atoms with Crippen molar-refractivity contribution in [3.8, 4) is 0 Å². The normalized spacial score (nSPS) is 12.8. The smallest absolute Gasteiger partial charge is 0.322 e. The van der Waals surface area contributed by atoms with Crippen molar-refractivity contribution >= 4 is 40.6 Å². The van der Waals surface area contributed by atoms with Crippen molar-refractivity contribution in [3.05, 3.63) is 0 Å². The molecule has 0 fully saturated rings. The second-order valence-electron chi connectivity index (χ2n) is 4.15. The van der Waals surface area contributed by atoms with Gasteiger partial charge in [-0.15, -0.1) is 0 Å². The number of nitrogens with two attached hydrogens (primary N) is 1. The molecule has 0 rings (SSSR count). The van der Waals surface area contributed by atoms with Gasteiger partial charge in [0.2, 0.25) is 5.91 Å². The van der Waals surface area contributed by atoms with Gasteiger partial charge in [-0.3, -0.25) is 24.0 Å². The number of thioether (sulfide) groups is 1. The van der Waals surface area contributed by atoms with Crippen LogP contribution < -0.4 is 16.4 Å². The van der Waals surface area contributed by atoms with Crippen LogP contribution in [0.25, 0.3) is 0 Å². The van der Waals surface area contributed by atoms with Crippen molar-refractivity contribution < 1.29 is 34.2 Å². The molecule has 124 valence electrons. The lowest BCUT2D eigenvalue weighted by Crippen LogP contribution is -2.46. The highest BCUT2D eigenvalue weighted by atomic mass is 32.2. The molecule has 0 spiro atoms. The van der Waals surface area contributed by atoms with Crippen molar-refractivity contribution in [1.29, 1.82) is 0 Å². The Labute approximate surface area is 129 Å². The molecular formula is C11H17N3O7S. The number of carboxylic acid groups (broad SMARTS) is 2. The average molecular weight is 335 g/mol. The number of carboxylic acids is 2. The van der Waals surface area contributed by atoms with Crippen molar-refractivity contribution in [2.24, 2.45) is 5.73 Å². The second-order valence-corrected chi connectivity index (χ2v) is 5.43. The molecule has 0 aliphatic carbocycles. The molecule has 10 nitrogen and oxygen atoms in total. The summed E-state index contributed by atoms with van der Waals surface area (Å²) < 4.78 is 0. The predicted octanol–water partition coefficient (Wildman–Crippen LogP) is -1.90. The number of hydrogen-bond acceptors (Lipinski definition) is 7. The number of carbonyl (C=O) groups excluding carboxylic acids is 3. The Balaban J connectivity index is 4.53. The van der Waals surface area contributed by atoms with Gasteiger partial charge < -0.3 is 26.6 Å². The number of carbonyl (C=O) groups is 5. The first-order valence-electron chi connectivity index (χ1n) is 6.08. The Morgan fingerprint density at radius 2 is 1.77 bits per heavy atom. The fraction of sp³-hybridized carbons (Fsp3) is 0.545. The first kappa shape index (κ1) is 19.9. The number of nitrogens with one attached hydrogen (secondary N) is 2. The molecule has 11 heteroatoms. The summed E-state index contributed by atoms with van der Waals surface area (Å²) in [4.78, 5) is 55.2. The fourth-order valence-electron chi connectivity index (χ4n) is 1.20. The standard InChI is InChI=1S/C11H17N3O7S/c1-5(15)22-10(9(19)13-4-8(17)18)14-7(16)3-2-6(12)11(20)21/h6,10H,2-4,12H2,1H3,(H,13,19)(H,14,16)(H,17,18)(H,20,21). The topological polar surface area (TPSA) is 176 Å². The first-order valence-corrected chi connectivity index (χ1v) is 6.96. The number of aliphatic carboxylic acids is 2. The van der Waals surface area contributed by atoms with Gasteiger partial charge >= 0.3 is 11.9 Å². The zero-order valence-electron chi connectivity index (χ0n) is 11.7. The summed E-state index contributed by atoms with van der Waals surface area (Å²) in [6.07, 6.45) is -0.399. The van der Waals surface area contributed by atoms with E-state index in [9.17, 15) is 24.0 Å². The van der Waals surface area contributed by atoms with Crippen molar-refractivity contribution in [1.82, 2.24) is 10.6 Å². The molecule has 2 amide bonds. The number of hydrogen-bond donors (Lipinski definition) is 5. The molecule has 0 saturated heterocycles. The average Bonchev–Trinajstić information content (AvgIpc) is 2.40. The molecule has 0 aliphatic heterocycles. The predicted molar refractivity (Wildman–Crippen MR) is 75.7 cm³/mol. The van der Waals surface area contributed by atoms with Gasteiger partial charge in [0.05, 0.1) is 0 Å². The van der Waals surface area contributed by atoms with Crippen molar-refractivity contribution in [2.45, 2.75) is 31.2 Å². The van der Waals surface area contributed by atoms with E-state index in [0.29, 0.717) is 11.8 Å². The van der Waals surface area contributed by atoms with Crippen LogP contribution in [0.1, 0.15) is 19.8 Å². The molecule has 0 bridgehead atoms. The highest BCUT2D eigenvalue weighted by Crippen LogP contribution is 2.10. The Morgan fingerprint density at radius 3 is 2.23 bits per heavy atom. The Hall–Kier alpha value is -2.14. The van der Waals surface area contributed by atoms with Gasteiger partial charge in [0.25, 0.3) is 5.91 Å². The van der Waals surface area contributed by atoms with Crippen molar-refractivity contribution in [3.63, 3.8) is 0 Å². The van der Waals surface area contributed by atoms with E-state index in [0.717, 1.165) is 0 Å². The number of amides is 2. The van der Waals surface area contributed by atoms with Crippen LogP contribution >= 0.6 is 11.8 Å². The summed E-state index contributed by atoms with van der Waals surface area (Å²) in [6, 6.07) is -1.22. The van der Waals surface area contributed by atoms with Crippen LogP contribution in [-0.4, -0.2) is 57.0 Å². The highest BCUT2D eigenvalue weighted by molar-refractivity contribution is 8.14. The van der Waals surface area contributed by atoms with Gasteiger partial charge in [-0.25, -0.2) is 0 Å². The quantitative estimate of drug-likeness (QED) is 0.301. The molecule has 0 aromatic rings. The van der Waals surface area contributed by atoms with E-state index in [1.54, 1.807) is 0 Å². The van der Waals surface area contributed by atoms with E-state index in [1.807, 2.05) is 5.32 Å². The third kappa shape index (κ3) is 8.92. The summed E-state index contributed by atoms with van der Waals surface area (Å²) in [7, 11) is 0. The summed E-state index contributed by atoms with van der Waals surface area (Å²) >= 11 is 0.505. The van der Waals surface area contributed by atoms with E-state index < -0.39 is 46.8 Å². The van der Waals surface area contributed by atoms with Gasteiger partial charge in [-0.1, -0.05) is 11.8 Å². The third-order valence-electron chi connectivity index (χ3n) is 2.23. The maximum absolute atomic E-state index is 11.7. The molecule has 0 aromatic heterocycles. The fourth-order valence-corrected chi connectivity index (χ4v) is 1.91. The number of rotatable bonds is 9. The minimum absolute atomic E-state index is 0.143. The second kappa shape index (κ2) is 9.73. The van der Waals surface area contributed by atoms with Gasteiger partial charge in [0.1, 0.15) is 12.6 Å². The Bertz CT molecular complexity index is 469. The minimum Gasteiger partial charge on any atom is -0.480 e. The lowest BCUT2D eigenvalue weighted by atomic mass is 10.1. The van der Waals surface area contributed by atoms with E-state index in [4.69, 9.17) is 15.9 Å². The largest absolute Gasteiger partial charge is 0.480 e. The van der Waals surface area contributed by atoms with Gasteiger partial charge in [-0.05, 0) is 6.42 Å². The third-order valence-corrected chi connectivity index (χ3v) is 3.13. The van der Waals surface area contributed by atoms with Crippen LogP contribution in [0.3, 0.4) is 0 Å². The molecular weight excluding hydrogens is 318 g/mol. The zero-order chi connectivity index (χ0) is 17.3. The van der Waals surface area contributed by atoms with Crippen LogP contribution in [-0.2, 0) is 24.0 Å². The lowest BCUT2D eigenvalue weighted by molar-refractivity contribution is -0.139. The summed E-state index contributed by atoms with van der Waals surface area (Å²) in [6.45, 7) is 0.516. The maximum Gasteiger partial charge on any atom is 0.322 e. The van der Waals surface area contributed by atoms with Gasteiger partial charge in [-0.2, -0.15) is 0 Å². The molecule has 0 aliphatic rings. The summed E-state index contributed by atoms with van der Waals surface area (Å²) in [5.74, 6) is -4.07. The van der Waals surface area contributed by atoms with Crippen LogP contribution in [0.5, 0.6) is 0 Å². The van der Waals surface area contributed by atoms with Gasteiger partial charge in [0, 0.05) is 13.3 Å². The Kier molecular flexibility index (Phi) is 8.79. The van der Waals surface area contributed by atoms with Crippen LogP contribution in [0, 0.1) is 0 Å². The molecule has 0 radical (unpaired) electrons. The molecule has 22 heavy (non-hydrogen) atoms. The first-order chi connectivity index (χ1) is 10.1. The van der Waals surface area contributed by atoms with Crippen LogP contribution in [0.15, 0.2) is 0 Å². The summed E-state index contributed by atoms with van der Waals surface area (Å²) in [5.41, 5.74) is 5.23. The summed E-state index contributed by atoms with van der Waals surface area (Å²) in [5, 5.41) is 19.5. The van der Waals surface area contributed by atoms with Crippen molar-refractivity contribution in [2.75, 3.05) is 6.54 Å². The molecule has 2 atom stereocenters. The maximum atomic E-state index is 11.7. The van der Waals surface area contributed by atoms with Crippen LogP contribution in [0.2, 0.25) is 0 Å². The molecule has 0 saturated carbocycles. The van der Waals surface area contributed by atoms with Crippen LogP contribution in [0.4, 0.5) is 0 Å². The SMILES string of the molecule is CC(=O)SC(NC(=O)CCC(N)C(=O)O)C(=O)NCC(=O)O. The lowest BCUT2D eigenvalue weighted by Gasteiger charge is -2.16. The molecule has 0 heterocycles. The minimum atomic E-state index is -1.30. The van der Waals surface area contributed by atoms with E-state index >= 15 is 0 Å². The van der Waals surface area contributed by atoms with Gasteiger partial charge in [0.15, 0.2) is 10.5 Å². The highest BCUT2D eigenvalue weighted by Gasteiger charge is 2.24.